The summed E-state index contributed by atoms with van der Waals surface area (Å²) in [6.45, 7) is 5.66. The lowest BCUT2D eigenvalue weighted by molar-refractivity contribution is -0.136. The number of hydrogen-bond acceptors (Lipinski definition) is 3. The molecule has 18 heavy (non-hydrogen) atoms. The Balaban J connectivity index is 2.07. The number of aliphatic hydroxyl groups excluding tert-OH is 1. The Labute approximate surface area is 108 Å². The molecule has 0 bridgehead atoms. The average Bonchev–Trinajstić information content (AvgIpc) is 2.36. The van der Waals surface area contributed by atoms with Gasteiger partial charge in [-0.25, -0.2) is 0 Å². The Bertz CT molecular complexity index is 417. The highest BCUT2D eigenvalue weighted by Crippen LogP contribution is 2.22. The second kappa shape index (κ2) is 5.08. The van der Waals surface area contributed by atoms with Gasteiger partial charge in [0.2, 0.25) is 5.91 Å². The van der Waals surface area contributed by atoms with Crippen molar-refractivity contribution in [3.8, 4) is 0 Å². The molecule has 1 amide bonds. The van der Waals surface area contributed by atoms with E-state index in [9.17, 15) is 9.90 Å². The van der Waals surface area contributed by atoms with Crippen LogP contribution in [-0.2, 0) is 4.79 Å². The molecule has 1 saturated heterocycles. The first-order chi connectivity index (χ1) is 8.51. The minimum Gasteiger partial charge on any atom is -0.387 e. The molecule has 0 radical (unpaired) electrons. The third-order valence-electron chi connectivity index (χ3n) is 3.59. The van der Waals surface area contributed by atoms with E-state index in [2.05, 4.69) is 5.32 Å². The van der Waals surface area contributed by atoms with Gasteiger partial charge in [0.25, 0.3) is 0 Å². The molecule has 4 nitrogen and oxygen atoms in total. The highest BCUT2D eigenvalue weighted by Gasteiger charge is 2.38. The maximum absolute atomic E-state index is 11.8. The van der Waals surface area contributed by atoms with Crippen molar-refractivity contribution < 1.29 is 9.90 Å². The van der Waals surface area contributed by atoms with Gasteiger partial charge in [-0.2, -0.15) is 0 Å². The van der Waals surface area contributed by atoms with Crippen LogP contribution in [0.25, 0.3) is 0 Å². The van der Waals surface area contributed by atoms with Crippen LogP contribution in [-0.4, -0.2) is 41.1 Å². The minimum absolute atomic E-state index is 0.0222. The second-order valence-electron chi connectivity index (χ2n) is 5.19. The molecule has 1 aromatic rings. The fraction of sp³-hybridized carbons (Fsp3) is 0.500. The number of β-amino-alcohol motifs (C(OH)–C–C–N with tert-alkyl or cyclic N) is 1. The van der Waals surface area contributed by atoms with Crippen LogP contribution in [0.5, 0.6) is 0 Å². The lowest BCUT2D eigenvalue weighted by atomic mass is 9.97. The molecule has 98 valence electrons. The van der Waals surface area contributed by atoms with Crippen LogP contribution >= 0.6 is 0 Å². The van der Waals surface area contributed by atoms with Crippen molar-refractivity contribution in [3.63, 3.8) is 0 Å². The number of hydrogen-bond donors (Lipinski definition) is 2. The number of amides is 1. The third kappa shape index (κ3) is 2.54. The first-order valence-electron chi connectivity index (χ1n) is 6.28. The van der Waals surface area contributed by atoms with Gasteiger partial charge in [0.1, 0.15) is 0 Å². The summed E-state index contributed by atoms with van der Waals surface area (Å²) in [5.74, 6) is 0.0222. The molecule has 0 spiro atoms. The Morgan fingerprint density at radius 1 is 1.39 bits per heavy atom. The maximum Gasteiger partial charge on any atom is 0.240 e. The first kappa shape index (κ1) is 13.1. The summed E-state index contributed by atoms with van der Waals surface area (Å²) >= 11 is 0. The summed E-state index contributed by atoms with van der Waals surface area (Å²) < 4.78 is 0. The number of aliphatic hydroxyl groups is 1. The van der Waals surface area contributed by atoms with E-state index in [0.717, 1.165) is 12.1 Å². The smallest absolute Gasteiger partial charge is 0.240 e. The summed E-state index contributed by atoms with van der Waals surface area (Å²) in [6, 6.07) is 9.55. The van der Waals surface area contributed by atoms with Crippen LogP contribution in [0, 0.1) is 0 Å². The fourth-order valence-electron chi connectivity index (χ4n) is 2.25. The zero-order chi connectivity index (χ0) is 13.2. The molecule has 0 saturated carbocycles. The van der Waals surface area contributed by atoms with Gasteiger partial charge in [-0.05, 0) is 19.4 Å². The topological polar surface area (TPSA) is 52.6 Å². The van der Waals surface area contributed by atoms with E-state index in [1.807, 2.05) is 49.1 Å². The van der Waals surface area contributed by atoms with Gasteiger partial charge in [0.05, 0.1) is 11.6 Å². The standard InChI is InChI=1S/C14H20N2O2/c1-14(2)13(18)15-8-9-16(14)10-12(17)11-6-4-3-5-7-11/h3-7,12,17H,8-10H2,1-2H3,(H,15,18). The van der Waals surface area contributed by atoms with Crippen molar-refractivity contribution in [2.75, 3.05) is 19.6 Å². The van der Waals surface area contributed by atoms with Gasteiger partial charge in [-0.1, -0.05) is 30.3 Å². The third-order valence-corrected chi connectivity index (χ3v) is 3.59. The number of nitrogens with zero attached hydrogens (tertiary/aromatic N) is 1. The van der Waals surface area contributed by atoms with Crippen LogP contribution in [0.15, 0.2) is 30.3 Å². The minimum atomic E-state index is -0.561. The van der Waals surface area contributed by atoms with Crippen LogP contribution in [0.4, 0.5) is 0 Å². The van der Waals surface area contributed by atoms with E-state index < -0.39 is 11.6 Å². The second-order valence-corrected chi connectivity index (χ2v) is 5.19. The van der Waals surface area contributed by atoms with Gasteiger partial charge in [0, 0.05) is 19.6 Å². The Hall–Kier alpha value is -1.39. The summed E-state index contributed by atoms with van der Waals surface area (Å²) in [6.07, 6.45) is -0.559. The quantitative estimate of drug-likeness (QED) is 0.836. The average molecular weight is 248 g/mol. The highest BCUT2D eigenvalue weighted by atomic mass is 16.3. The molecule has 1 aliphatic rings. The number of rotatable bonds is 3. The van der Waals surface area contributed by atoms with Gasteiger partial charge in [0.15, 0.2) is 0 Å². The number of carbonyl (C=O) groups excluding carboxylic acids is 1. The predicted octanol–water partition coefficient (Wildman–Crippen LogP) is 0.930. The predicted molar refractivity (Wildman–Crippen MR) is 70.1 cm³/mol. The monoisotopic (exact) mass is 248 g/mol. The van der Waals surface area contributed by atoms with E-state index in [1.54, 1.807) is 0 Å². The molecule has 4 heteroatoms. The van der Waals surface area contributed by atoms with Crippen molar-refractivity contribution in [2.45, 2.75) is 25.5 Å². The van der Waals surface area contributed by atoms with E-state index in [4.69, 9.17) is 0 Å². The molecule has 2 N–H and O–H groups in total. The fourth-order valence-corrected chi connectivity index (χ4v) is 2.25. The van der Waals surface area contributed by atoms with Crippen molar-refractivity contribution in [2.24, 2.45) is 0 Å². The van der Waals surface area contributed by atoms with Crippen LogP contribution < -0.4 is 5.32 Å². The van der Waals surface area contributed by atoms with Crippen LogP contribution in [0.1, 0.15) is 25.5 Å². The molecule has 0 aliphatic carbocycles. The van der Waals surface area contributed by atoms with Crippen molar-refractivity contribution in [1.29, 1.82) is 0 Å². The SMILES string of the molecule is CC1(C)C(=O)NCCN1CC(O)c1ccccc1. The van der Waals surface area contributed by atoms with E-state index in [-0.39, 0.29) is 5.91 Å². The molecule has 1 aliphatic heterocycles. The van der Waals surface area contributed by atoms with Gasteiger partial charge < -0.3 is 10.4 Å². The van der Waals surface area contributed by atoms with Gasteiger partial charge >= 0.3 is 0 Å². The van der Waals surface area contributed by atoms with E-state index in [0.29, 0.717) is 13.1 Å². The molecule has 1 unspecified atom stereocenters. The molecule has 2 rings (SSSR count). The van der Waals surface area contributed by atoms with Crippen LogP contribution in [0.3, 0.4) is 0 Å². The maximum atomic E-state index is 11.8. The van der Waals surface area contributed by atoms with Crippen molar-refractivity contribution >= 4 is 5.91 Å². The Morgan fingerprint density at radius 3 is 2.72 bits per heavy atom. The molecule has 1 aromatic carbocycles. The van der Waals surface area contributed by atoms with Crippen molar-refractivity contribution in [1.82, 2.24) is 10.2 Å². The molecule has 1 atom stereocenters. The Morgan fingerprint density at radius 2 is 2.06 bits per heavy atom. The molecular formula is C14H20N2O2. The lowest BCUT2D eigenvalue weighted by Crippen LogP contribution is -2.62. The summed E-state index contributed by atoms with van der Waals surface area (Å²) in [7, 11) is 0. The molecular weight excluding hydrogens is 228 g/mol. The van der Waals surface area contributed by atoms with Gasteiger partial charge in [-0.3, -0.25) is 9.69 Å². The molecule has 1 fully saturated rings. The molecule has 1 heterocycles. The first-order valence-corrected chi connectivity index (χ1v) is 6.28. The van der Waals surface area contributed by atoms with E-state index >= 15 is 0 Å². The van der Waals surface area contributed by atoms with Crippen LogP contribution in [0.2, 0.25) is 0 Å². The number of benzene rings is 1. The summed E-state index contributed by atoms with van der Waals surface area (Å²) in [5, 5.41) is 13.1. The summed E-state index contributed by atoms with van der Waals surface area (Å²) in [5.41, 5.74) is 0.327. The largest absolute Gasteiger partial charge is 0.387 e. The zero-order valence-corrected chi connectivity index (χ0v) is 10.9. The number of carbonyl (C=O) groups is 1. The normalized spacial score (nSPS) is 21.4. The molecule has 0 aromatic heterocycles. The van der Waals surface area contributed by atoms with Gasteiger partial charge in [-0.15, -0.1) is 0 Å². The summed E-state index contributed by atoms with van der Waals surface area (Å²) in [4.78, 5) is 13.8. The van der Waals surface area contributed by atoms with E-state index in [1.165, 1.54) is 0 Å². The zero-order valence-electron chi connectivity index (χ0n) is 10.9. The van der Waals surface area contributed by atoms with Crippen molar-refractivity contribution in [3.05, 3.63) is 35.9 Å². The Kier molecular flexibility index (Phi) is 3.68. The number of nitrogens with one attached hydrogen (secondary N) is 1. The lowest BCUT2D eigenvalue weighted by Gasteiger charge is -2.42. The highest BCUT2D eigenvalue weighted by molar-refractivity contribution is 5.86. The number of piperazine rings is 1.